The Kier molecular flexibility index (Phi) is 12.6. The van der Waals surface area contributed by atoms with Crippen molar-refractivity contribution in [3.8, 4) is 17.1 Å². The smallest absolute Gasteiger partial charge is 0.290 e. The van der Waals surface area contributed by atoms with Gasteiger partial charge in [-0.15, -0.1) is 0 Å². The minimum atomic E-state index is -0.250. The highest BCUT2D eigenvalue weighted by Crippen LogP contribution is 2.28. The Balaban J connectivity index is 0.000000582. The quantitative estimate of drug-likeness (QED) is 0.470. The Hall–Kier alpha value is -2.95. The molecular weight excluding hydrogens is 430 g/mol. The van der Waals surface area contributed by atoms with E-state index in [-0.39, 0.29) is 12.9 Å². The third kappa shape index (κ3) is 9.21. The molecule has 0 aliphatic carbocycles. The number of hydrogen-bond donors (Lipinski definition) is 2. The van der Waals surface area contributed by atoms with Crippen LogP contribution in [0.5, 0.6) is 5.75 Å². The van der Waals surface area contributed by atoms with E-state index in [0.717, 1.165) is 89.1 Å². The van der Waals surface area contributed by atoms with E-state index in [1.807, 2.05) is 18.3 Å². The molecule has 2 fully saturated rings. The third-order valence-corrected chi connectivity index (χ3v) is 5.36. The first kappa shape index (κ1) is 26.3. The second kappa shape index (κ2) is 15.8. The first-order chi connectivity index (χ1) is 16.2. The molecule has 2 saturated heterocycles. The normalized spacial score (nSPS) is 16.5. The zero-order chi connectivity index (χ0) is 23.7. The van der Waals surface area contributed by atoms with Crippen LogP contribution >= 0.6 is 0 Å². The summed E-state index contributed by atoms with van der Waals surface area (Å²) < 4.78 is 19.1. The Morgan fingerprint density at radius 2 is 1.61 bits per heavy atom. The molecule has 0 amide bonds. The van der Waals surface area contributed by atoms with E-state index >= 15 is 0 Å². The highest BCUT2D eigenvalue weighted by molar-refractivity contribution is 5.57. The molecule has 0 bridgehead atoms. The van der Waals surface area contributed by atoms with Gasteiger partial charge in [-0.25, -0.2) is 4.98 Å². The van der Waals surface area contributed by atoms with E-state index < -0.39 is 0 Å². The summed E-state index contributed by atoms with van der Waals surface area (Å²) >= 11 is 0. The van der Waals surface area contributed by atoms with Crippen LogP contribution in [0.3, 0.4) is 0 Å². The molecule has 1 aromatic carbocycles. The summed E-state index contributed by atoms with van der Waals surface area (Å²) in [4.78, 5) is 23.7. The number of carboxylic acid groups (broad SMARTS) is 2. The van der Waals surface area contributed by atoms with E-state index in [1.54, 1.807) is 0 Å². The Bertz CT molecular complexity index is 780. The summed E-state index contributed by atoms with van der Waals surface area (Å²) in [6.45, 7) is 6.76. The molecule has 2 N–H and O–H groups in total. The molecule has 3 heterocycles. The first-order valence-corrected chi connectivity index (χ1v) is 11.0. The van der Waals surface area contributed by atoms with E-state index in [9.17, 15) is 0 Å². The molecule has 0 radical (unpaired) electrons. The minimum absolute atomic E-state index is 0.250. The van der Waals surface area contributed by atoms with Crippen LogP contribution in [0.15, 0.2) is 36.7 Å². The number of ether oxygens (including phenoxy) is 3. The van der Waals surface area contributed by atoms with Gasteiger partial charge in [0.1, 0.15) is 11.6 Å². The van der Waals surface area contributed by atoms with Crippen molar-refractivity contribution in [2.75, 3.05) is 52.7 Å². The first-order valence-electron chi connectivity index (χ1n) is 11.0. The largest absolute Gasteiger partial charge is 0.494 e. The summed E-state index contributed by atoms with van der Waals surface area (Å²) in [5.74, 6) is 1.95. The Morgan fingerprint density at radius 3 is 2.24 bits per heavy atom. The van der Waals surface area contributed by atoms with Crippen LogP contribution < -0.4 is 4.74 Å². The second-order valence-electron chi connectivity index (χ2n) is 7.39. The van der Waals surface area contributed by atoms with Crippen LogP contribution in [-0.2, 0) is 19.1 Å². The van der Waals surface area contributed by atoms with Crippen molar-refractivity contribution in [2.24, 2.45) is 0 Å². The molecule has 2 aliphatic rings. The molecule has 0 atom stereocenters. The van der Waals surface area contributed by atoms with Gasteiger partial charge in [0, 0.05) is 56.8 Å². The molecule has 10 heteroatoms. The molecule has 33 heavy (non-hydrogen) atoms. The number of morpholine rings is 1. The lowest BCUT2D eigenvalue weighted by atomic mass is 10.1. The molecular formula is C23H33N3O7. The minimum Gasteiger partial charge on any atom is -0.494 e. The molecule has 1 aromatic heterocycles. The van der Waals surface area contributed by atoms with Crippen molar-refractivity contribution in [2.45, 2.75) is 25.3 Å². The zero-order valence-corrected chi connectivity index (χ0v) is 18.8. The van der Waals surface area contributed by atoms with Gasteiger partial charge in [-0.3, -0.25) is 14.5 Å². The maximum absolute atomic E-state index is 8.36. The van der Waals surface area contributed by atoms with Crippen molar-refractivity contribution in [3.63, 3.8) is 0 Å². The van der Waals surface area contributed by atoms with Crippen LogP contribution in [0.25, 0.3) is 11.4 Å². The van der Waals surface area contributed by atoms with Crippen molar-refractivity contribution in [1.29, 1.82) is 0 Å². The fourth-order valence-corrected chi connectivity index (χ4v) is 3.80. The van der Waals surface area contributed by atoms with Gasteiger partial charge in [-0.05, 0) is 43.5 Å². The molecule has 0 unspecified atom stereocenters. The van der Waals surface area contributed by atoms with Gasteiger partial charge in [-0.2, -0.15) is 0 Å². The summed E-state index contributed by atoms with van der Waals surface area (Å²) in [6, 6.07) is 8.79. The molecule has 4 rings (SSSR count). The highest BCUT2D eigenvalue weighted by Gasteiger charge is 2.19. The van der Waals surface area contributed by atoms with Gasteiger partial charge >= 0.3 is 0 Å². The average Bonchev–Trinajstić information content (AvgIpc) is 3.35. The van der Waals surface area contributed by atoms with E-state index in [2.05, 4.69) is 32.8 Å². The summed E-state index contributed by atoms with van der Waals surface area (Å²) in [7, 11) is 0. The topological polar surface area (TPSA) is 123 Å². The standard InChI is InChI=1S/C21H29N3O3.2CH2O2/c1(9-23-11-16-26-17-12-23)13-27-20-4-2-18(3-5-20)21-22-8-10-24(21)19-6-14-25-15-7-19;2*2-1-3/h2-5,8,10,19H,1,6-7,9,11-17H2;2*1H,(H,2,3). The number of rotatable bonds is 7. The molecule has 10 nitrogen and oxygen atoms in total. The predicted octanol–water partition coefficient (Wildman–Crippen LogP) is 2.40. The van der Waals surface area contributed by atoms with Crippen molar-refractivity contribution in [3.05, 3.63) is 36.7 Å². The second-order valence-corrected chi connectivity index (χ2v) is 7.39. The lowest BCUT2D eigenvalue weighted by Crippen LogP contribution is -2.37. The van der Waals surface area contributed by atoms with Crippen molar-refractivity contribution < 1.29 is 34.0 Å². The van der Waals surface area contributed by atoms with E-state index in [1.165, 1.54) is 0 Å². The molecule has 2 aromatic rings. The Labute approximate surface area is 193 Å². The van der Waals surface area contributed by atoms with Gasteiger partial charge < -0.3 is 29.0 Å². The van der Waals surface area contributed by atoms with E-state index in [4.69, 9.17) is 34.0 Å². The van der Waals surface area contributed by atoms with Gasteiger partial charge in [0.15, 0.2) is 0 Å². The number of benzene rings is 1. The van der Waals surface area contributed by atoms with Gasteiger partial charge in [0.05, 0.1) is 19.8 Å². The van der Waals surface area contributed by atoms with E-state index in [0.29, 0.717) is 6.04 Å². The number of aromatic nitrogens is 2. The zero-order valence-electron chi connectivity index (χ0n) is 18.8. The number of nitrogens with zero attached hydrogens (tertiary/aromatic N) is 3. The fourth-order valence-electron chi connectivity index (χ4n) is 3.80. The summed E-state index contributed by atoms with van der Waals surface area (Å²) in [6.07, 6.45) is 7.11. The number of carbonyl (C=O) groups is 2. The highest BCUT2D eigenvalue weighted by atomic mass is 16.5. The predicted molar refractivity (Wildman–Crippen MR) is 122 cm³/mol. The third-order valence-electron chi connectivity index (χ3n) is 5.36. The van der Waals surface area contributed by atoms with Gasteiger partial charge in [0.2, 0.25) is 0 Å². The number of imidazole rings is 1. The van der Waals surface area contributed by atoms with Crippen LogP contribution in [0, 0.1) is 0 Å². The lowest BCUT2D eigenvalue weighted by Gasteiger charge is -2.26. The van der Waals surface area contributed by atoms with Crippen LogP contribution in [-0.4, -0.2) is 90.3 Å². The molecule has 0 spiro atoms. The van der Waals surface area contributed by atoms with Gasteiger partial charge in [-0.1, -0.05) is 0 Å². The summed E-state index contributed by atoms with van der Waals surface area (Å²) in [5, 5.41) is 13.8. The number of hydrogen-bond acceptors (Lipinski definition) is 7. The van der Waals surface area contributed by atoms with Crippen LogP contribution in [0.1, 0.15) is 25.3 Å². The molecule has 182 valence electrons. The van der Waals surface area contributed by atoms with Gasteiger partial charge in [0.25, 0.3) is 12.9 Å². The summed E-state index contributed by atoms with van der Waals surface area (Å²) in [5.41, 5.74) is 1.13. The fraction of sp³-hybridized carbons (Fsp3) is 0.522. The average molecular weight is 464 g/mol. The SMILES string of the molecule is O=CO.O=CO.c1cn(C2CCOCC2)c(-c2ccc(OCCCN3CCOCC3)cc2)n1. The molecule has 0 saturated carbocycles. The lowest BCUT2D eigenvalue weighted by molar-refractivity contribution is -0.123. The monoisotopic (exact) mass is 463 g/mol. The Morgan fingerprint density at radius 1 is 1.00 bits per heavy atom. The van der Waals surface area contributed by atoms with Crippen molar-refractivity contribution >= 4 is 12.9 Å². The molecule has 2 aliphatic heterocycles. The maximum Gasteiger partial charge on any atom is 0.290 e. The van der Waals surface area contributed by atoms with Crippen molar-refractivity contribution in [1.82, 2.24) is 14.5 Å². The maximum atomic E-state index is 8.36. The van der Waals surface area contributed by atoms with Crippen LogP contribution in [0.4, 0.5) is 0 Å². The van der Waals surface area contributed by atoms with Crippen LogP contribution in [0.2, 0.25) is 0 Å².